The standard InChI is InChI=1S/C16H23NO2/c1-11-5-4-8-16(17,10-11)15(18)14-7-6-13(19-3)9-12(14)2/h6-7,9,11H,4-5,8,10,17H2,1-3H3. The van der Waals surface area contributed by atoms with Crippen molar-refractivity contribution in [1.82, 2.24) is 0 Å². The lowest BCUT2D eigenvalue weighted by molar-refractivity contribution is 0.0819. The van der Waals surface area contributed by atoms with E-state index in [0.717, 1.165) is 36.1 Å². The van der Waals surface area contributed by atoms with Crippen LogP contribution in [0.1, 0.15) is 48.5 Å². The van der Waals surface area contributed by atoms with E-state index in [0.29, 0.717) is 5.92 Å². The third-order valence-corrected chi connectivity index (χ3v) is 4.16. The monoisotopic (exact) mass is 261 g/mol. The van der Waals surface area contributed by atoms with Crippen molar-refractivity contribution in [2.24, 2.45) is 11.7 Å². The topological polar surface area (TPSA) is 52.3 Å². The van der Waals surface area contributed by atoms with Gasteiger partial charge < -0.3 is 10.5 Å². The van der Waals surface area contributed by atoms with E-state index in [2.05, 4.69) is 6.92 Å². The molecule has 1 aromatic rings. The van der Waals surface area contributed by atoms with Crippen molar-refractivity contribution in [2.45, 2.75) is 45.1 Å². The predicted octanol–water partition coefficient (Wildman–Crippen LogP) is 3.09. The molecule has 1 fully saturated rings. The molecule has 0 aliphatic heterocycles. The summed E-state index contributed by atoms with van der Waals surface area (Å²) in [6, 6.07) is 5.56. The molecule has 1 aliphatic rings. The van der Waals surface area contributed by atoms with E-state index >= 15 is 0 Å². The predicted molar refractivity (Wildman–Crippen MR) is 76.6 cm³/mol. The Balaban J connectivity index is 2.28. The third-order valence-electron chi connectivity index (χ3n) is 4.16. The summed E-state index contributed by atoms with van der Waals surface area (Å²) >= 11 is 0. The van der Waals surface area contributed by atoms with Gasteiger partial charge in [0.05, 0.1) is 12.6 Å². The van der Waals surface area contributed by atoms with Crippen LogP contribution in [-0.2, 0) is 0 Å². The molecule has 3 nitrogen and oxygen atoms in total. The van der Waals surface area contributed by atoms with Crippen LogP contribution in [0.3, 0.4) is 0 Å². The molecule has 0 heterocycles. The SMILES string of the molecule is COc1ccc(C(=O)C2(N)CCCC(C)C2)c(C)c1. The highest BCUT2D eigenvalue weighted by Crippen LogP contribution is 2.33. The number of ether oxygens (including phenoxy) is 1. The first-order chi connectivity index (χ1) is 8.96. The van der Waals surface area contributed by atoms with Crippen molar-refractivity contribution in [3.05, 3.63) is 29.3 Å². The number of ketones is 1. The van der Waals surface area contributed by atoms with Crippen LogP contribution in [0, 0.1) is 12.8 Å². The number of carbonyl (C=O) groups is 1. The van der Waals surface area contributed by atoms with Crippen LogP contribution in [-0.4, -0.2) is 18.4 Å². The van der Waals surface area contributed by atoms with Gasteiger partial charge >= 0.3 is 0 Å². The molecule has 0 saturated heterocycles. The third kappa shape index (κ3) is 2.81. The lowest BCUT2D eigenvalue weighted by Crippen LogP contribution is -2.51. The number of Topliss-reactive ketones (excluding diaryl/α,β-unsaturated/α-hetero) is 1. The molecule has 1 aliphatic carbocycles. The summed E-state index contributed by atoms with van der Waals surface area (Å²) in [5.74, 6) is 1.39. The molecule has 104 valence electrons. The maximum Gasteiger partial charge on any atom is 0.182 e. The minimum Gasteiger partial charge on any atom is -0.497 e. The van der Waals surface area contributed by atoms with Crippen molar-refractivity contribution in [3.8, 4) is 5.75 Å². The number of hydrogen-bond donors (Lipinski definition) is 1. The zero-order chi connectivity index (χ0) is 14.0. The quantitative estimate of drug-likeness (QED) is 0.851. The van der Waals surface area contributed by atoms with Crippen LogP contribution < -0.4 is 10.5 Å². The number of rotatable bonds is 3. The Bertz CT molecular complexity index is 484. The summed E-state index contributed by atoms with van der Waals surface area (Å²) in [6.07, 6.45) is 3.80. The second-order valence-corrected chi connectivity index (χ2v) is 5.87. The van der Waals surface area contributed by atoms with Crippen LogP contribution >= 0.6 is 0 Å². The van der Waals surface area contributed by atoms with Crippen LogP contribution in [0.5, 0.6) is 5.75 Å². The van der Waals surface area contributed by atoms with E-state index in [1.165, 1.54) is 6.42 Å². The average Bonchev–Trinajstić information content (AvgIpc) is 2.37. The molecule has 0 radical (unpaired) electrons. The Kier molecular flexibility index (Phi) is 3.95. The molecule has 2 N–H and O–H groups in total. The highest BCUT2D eigenvalue weighted by atomic mass is 16.5. The van der Waals surface area contributed by atoms with Gasteiger partial charge in [-0.15, -0.1) is 0 Å². The smallest absolute Gasteiger partial charge is 0.182 e. The summed E-state index contributed by atoms with van der Waals surface area (Å²) in [4.78, 5) is 12.7. The van der Waals surface area contributed by atoms with Crippen LogP contribution in [0.25, 0.3) is 0 Å². The molecular formula is C16H23NO2. The summed E-state index contributed by atoms with van der Waals surface area (Å²) in [6.45, 7) is 4.11. The maximum absolute atomic E-state index is 12.7. The fourth-order valence-corrected chi connectivity index (χ4v) is 3.08. The van der Waals surface area contributed by atoms with Crippen LogP contribution in [0.2, 0.25) is 0 Å². The van der Waals surface area contributed by atoms with Crippen LogP contribution in [0.15, 0.2) is 18.2 Å². The molecule has 0 amide bonds. The molecule has 19 heavy (non-hydrogen) atoms. The lowest BCUT2D eigenvalue weighted by atomic mass is 9.73. The largest absolute Gasteiger partial charge is 0.497 e. The van der Waals surface area contributed by atoms with E-state index < -0.39 is 5.54 Å². The molecule has 3 heteroatoms. The number of benzene rings is 1. The van der Waals surface area contributed by atoms with Crippen molar-refractivity contribution < 1.29 is 9.53 Å². The average molecular weight is 261 g/mol. The Morgan fingerprint density at radius 3 is 2.79 bits per heavy atom. The molecule has 1 saturated carbocycles. The Morgan fingerprint density at radius 2 is 2.21 bits per heavy atom. The molecule has 0 spiro atoms. The zero-order valence-corrected chi connectivity index (χ0v) is 12.0. The summed E-state index contributed by atoms with van der Waals surface area (Å²) < 4.78 is 5.17. The number of carbonyl (C=O) groups excluding carboxylic acids is 1. The van der Waals surface area contributed by atoms with E-state index in [9.17, 15) is 4.79 Å². The fourth-order valence-electron chi connectivity index (χ4n) is 3.08. The molecule has 1 aromatic carbocycles. The zero-order valence-electron chi connectivity index (χ0n) is 12.0. The molecule has 2 atom stereocenters. The van der Waals surface area contributed by atoms with Gasteiger partial charge in [0.15, 0.2) is 5.78 Å². The van der Waals surface area contributed by atoms with Gasteiger partial charge in [-0.3, -0.25) is 4.79 Å². The highest BCUT2D eigenvalue weighted by Gasteiger charge is 2.38. The van der Waals surface area contributed by atoms with Gasteiger partial charge in [-0.05, 0) is 49.4 Å². The van der Waals surface area contributed by atoms with Gasteiger partial charge in [0.2, 0.25) is 0 Å². The van der Waals surface area contributed by atoms with E-state index in [4.69, 9.17) is 10.5 Å². The number of aryl methyl sites for hydroxylation is 1. The molecule has 2 unspecified atom stereocenters. The van der Waals surface area contributed by atoms with Crippen molar-refractivity contribution in [2.75, 3.05) is 7.11 Å². The molecule has 0 aromatic heterocycles. The second-order valence-electron chi connectivity index (χ2n) is 5.87. The van der Waals surface area contributed by atoms with Gasteiger partial charge in [-0.2, -0.15) is 0 Å². The minimum absolute atomic E-state index is 0.0826. The summed E-state index contributed by atoms with van der Waals surface area (Å²) in [5.41, 5.74) is 7.37. The normalized spacial score (nSPS) is 27.1. The Labute approximate surface area is 115 Å². The maximum atomic E-state index is 12.7. The van der Waals surface area contributed by atoms with Crippen molar-refractivity contribution >= 4 is 5.78 Å². The van der Waals surface area contributed by atoms with Crippen LogP contribution in [0.4, 0.5) is 0 Å². The first kappa shape index (κ1) is 14.1. The van der Waals surface area contributed by atoms with Gasteiger partial charge in [0.1, 0.15) is 5.75 Å². The lowest BCUT2D eigenvalue weighted by Gasteiger charge is -2.35. The van der Waals surface area contributed by atoms with E-state index in [1.54, 1.807) is 7.11 Å². The summed E-state index contributed by atoms with van der Waals surface area (Å²) in [5, 5.41) is 0. The molecule has 2 rings (SSSR count). The molecule has 0 bridgehead atoms. The number of nitrogens with two attached hydrogens (primary N) is 1. The van der Waals surface area contributed by atoms with E-state index in [-0.39, 0.29) is 5.78 Å². The van der Waals surface area contributed by atoms with Gasteiger partial charge in [0, 0.05) is 5.56 Å². The van der Waals surface area contributed by atoms with Gasteiger partial charge in [-0.25, -0.2) is 0 Å². The second kappa shape index (κ2) is 5.33. The van der Waals surface area contributed by atoms with Crippen molar-refractivity contribution in [1.29, 1.82) is 0 Å². The number of methoxy groups -OCH3 is 1. The summed E-state index contributed by atoms with van der Waals surface area (Å²) in [7, 11) is 1.63. The molecular weight excluding hydrogens is 238 g/mol. The first-order valence-corrected chi connectivity index (χ1v) is 6.94. The van der Waals surface area contributed by atoms with Gasteiger partial charge in [-0.1, -0.05) is 19.8 Å². The van der Waals surface area contributed by atoms with Gasteiger partial charge in [0.25, 0.3) is 0 Å². The Morgan fingerprint density at radius 1 is 1.47 bits per heavy atom. The highest BCUT2D eigenvalue weighted by molar-refractivity contribution is 6.04. The first-order valence-electron chi connectivity index (χ1n) is 6.94. The fraction of sp³-hybridized carbons (Fsp3) is 0.562. The number of hydrogen-bond acceptors (Lipinski definition) is 3. The minimum atomic E-state index is -0.684. The Hall–Kier alpha value is -1.35. The van der Waals surface area contributed by atoms with Crippen molar-refractivity contribution in [3.63, 3.8) is 0 Å². The van der Waals surface area contributed by atoms with E-state index in [1.807, 2.05) is 25.1 Å².